The number of carboxylic acid groups (broad SMARTS) is 2. The third-order valence-electron chi connectivity index (χ3n) is 3.56. The zero-order valence-electron chi connectivity index (χ0n) is 13.8. The highest BCUT2D eigenvalue weighted by Gasteiger charge is 2.53. The number of rotatable bonds is 7. The van der Waals surface area contributed by atoms with Crippen molar-refractivity contribution in [1.29, 1.82) is 0 Å². The van der Waals surface area contributed by atoms with E-state index in [9.17, 15) is 19.2 Å². The van der Waals surface area contributed by atoms with Gasteiger partial charge in [-0.2, -0.15) is 9.36 Å². The maximum absolute atomic E-state index is 12.6. The number of carbonyl (C=O) groups excluding carboxylic acids is 2. The minimum atomic E-state index is -1.31. The molecule has 1 aromatic rings. The second kappa shape index (κ2) is 7.81. The Labute approximate surface area is 164 Å². The number of amides is 2. The molecule has 2 amide bonds. The number of fused-ring (bicyclic) bond motifs is 1. The van der Waals surface area contributed by atoms with E-state index in [-0.39, 0.29) is 16.7 Å². The molecule has 2 aliphatic heterocycles. The van der Waals surface area contributed by atoms with Gasteiger partial charge in [-0.1, -0.05) is 5.16 Å². The van der Waals surface area contributed by atoms with Crippen molar-refractivity contribution in [2.24, 2.45) is 5.16 Å². The summed E-state index contributed by atoms with van der Waals surface area (Å²) in [7, 11) is 0. The molecule has 2 atom stereocenters. The molecule has 1 unspecified atom stereocenters. The van der Waals surface area contributed by atoms with Crippen LogP contribution in [0.15, 0.2) is 16.9 Å². The maximum atomic E-state index is 12.6. The molecular formula is C13H12N6O7S2. The van der Waals surface area contributed by atoms with E-state index >= 15 is 0 Å². The highest BCUT2D eigenvalue weighted by molar-refractivity contribution is 8.00. The summed E-state index contributed by atoms with van der Waals surface area (Å²) in [5, 5.41) is 23.1. The predicted molar refractivity (Wildman–Crippen MR) is 95.2 cm³/mol. The predicted octanol–water partition coefficient (Wildman–Crippen LogP) is -1.71. The van der Waals surface area contributed by atoms with Crippen LogP contribution in [0.1, 0.15) is 5.82 Å². The van der Waals surface area contributed by atoms with E-state index in [1.54, 1.807) is 0 Å². The standard InChI is InChI=1S/C13H12N6O7S2/c14-13-16-8(18-28-13)6(17-26-3-5(20)21)9(22)15-7-10(23)19-4(12(24)25)1-2-27-11(7)19/h1,7,11H,2-3H2,(H,15,22)(H,20,21)(H,24,25)(H2,14,16,18)/b17-6-/t7?,11-/m1/s1. The van der Waals surface area contributed by atoms with Crippen molar-refractivity contribution in [2.75, 3.05) is 18.1 Å². The van der Waals surface area contributed by atoms with Crippen molar-refractivity contribution in [3.8, 4) is 0 Å². The Hall–Kier alpha value is -3.20. The number of β-lactam (4-membered cyclic amide) rings is 1. The lowest BCUT2D eigenvalue weighted by Gasteiger charge is -2.48. The normalized spacial score (nSPS) is 21.3. The van der Waals surface area contributed by atoms with Gasteiger partial charge in [0.2, 0.25) is 18.1 Å². The van der Waals surface area contributed by atoms with Gasteiger partial charge in [-0.15, -0.1) is 11.8 Å². The minimum absolute atomic E-state index is 0.0405. The van der Waals surface area contributed by atoms with Gasteiger partial charge in [-0.05, 0) is 6.08 Å². The average Bonchev–Trinajstić information content (AvgIpc) is 3.07. The zero-order chi connectivity index (χ0) is 20.4. The first-order valence-corrected chi connectivity index (χ1v) is 9.32. The second-order valence-electron chi connectivity index (χ2n) is 5.34. The monoisotopic (exact) mass is 428 g/mol. The van der Waals surface area contributed by atoms with Gasteiger partial charge in [-0.25, -0.2) is 9.59 Å². The van der Waals surface area contributed by atoms with Gasteiger partial charge in [0, 0.05) is 17.3 Å². The van der Waals surface area contributed by atoms with Crippen LogP contribution in [0.25, 0.3) is 0 Å². The van der Waals surface area contributed by atoms with Gasteiger partial charge in [0.15, 0.2) is 5.13 Å². The first kappa shape index (κ1) is 19.6. The van der Waals surface area contributed by atoms with Crippen LogP contribution in [0.5, 0.6) is 0 Å². The summed E-state index contributed by atoms with van der Waals surface area (Å²) in [6.07, 6.45) is 1.41. The van der Waals surface area contributed by atoms with Crippen molar-refractivity contribution in [3.63, 3.8) is 0 Å². The van der Waals surface area contributed by atoms with E-state index in [0.717, 1.165) is 16.4 Å². The number of thioether (sulfide) groups is 1. The highest BCUT2D eigenvalue weighted by atomic mass is 32.2. The fourth-order valence-electron chi connectivity index (χ4n) is 2.41. The number of hydrogen-bond acceptors (Lipinski definition) is 11. The van der Waals surface area contributed by atoms with Crippen molar-refractivity contribution < 1.29 is 34.2 Å². The van der Waals surface area contributed by atoms with E-state index in [4.69, 9.17) is 15.9 Å². The second-order valence-corrected chi connectivity index (χ2v) is 7.27. The van der Waals surface area contributed by atoms with E-state index in [1.807, 2.05) is 0 Å². The molecule has 5 N–H and O–H groups in total. The fraction of sp³-hybridized carbons (Fsp3) is 0.308. The number of nitrogens with two attached hydrogens (primary N) is 1. The number of carbonyl (C=O) groups is 4. The summed E-state index contributed by atoms with van der Waals surface area (Å²) in [6, 6.07) is -0.999. The Morgan fingerprint density at radius 2 is 2.18 bits per heavy atom. The molecule has 3 heterocycles. The number of anilines is 1. The minimum Gasteiger partial charge on any atom is -0.479 e. The van der Waals surface area contributed by atoms with Gasteiger partial charge in [-0.3, -0.25) is 14.5 Å². The Morgan fingerprint density at radius 1 is 1.43 bits per heavy atom. The van der Waals surface area contributed by atoms with Crippen LogP contribution in [-0.4, -0.2) is 77.7 Å². The molecule has 15 heteroatoms. The molecule has 0 radical (unpaired) electrons. The number of aromatic nitrogens is 2. The number of carboxylic acids is 2. The lowest BCUT2D eigenvalue weighted by molar-refractivity contribution is -0.150. The molecule has 0 aliphatic carbocycles. The number of nitrogens with one attached hydrogen (secondary N) is 1. The summed E-state index contributed by atoms with van der Waals surface area (Å²) in [4.78, 5) is 56.1. The third kappa shape index (κ3) is 3.74. The molecule has 0 saturated carbocycles. The molecule has 13 nitrogen and oxygen atoms in total. The molecule has 148 valence electrons. The largest absolute Gasteiger partial charge is 0.479 e. The van der Waals surface area contributed by atoms with Crippen LogP contribution in [0.3, 0.4) is 0 Å². The van der Waals surface area contributed by atoms with Gasteiger partial charge >= 0.3 is 11.9 Å². The molecule has 1 aromatic heterocycles. The summed E-state index contributed by atoms with van der Waals surface area (Å²) in [6.45, 7) is -0.808. The summed E-state index contributed by atoms with van der Waals surface area (Å²) >= 11 is 2.06. The van der Waals surface area contributed by atoms with Gasteiger partial charge < -0.3 is 26.1 Å². The van der Waals surface area contributed by atoms with Crippen molar-refractivity contribution >= 4 is 57.9 Å². The topological polar surface area (TPSA) is 197 Å². The van der Waals surface area contributed by atoms with Crippen molar-refractivity contribution in [1.82, 2.24) is 19.6 Å². The first-order chi connectivity index (χ1) is 13.3. The molecule has 1 fully saturated rings. The number of nitrogen functional groups attached to an aromatic ring is 1. The van der Waals surface area contributed by atoms with E-state index < -0.39 is 47.5 Å². The molecule has 28 heavy (non-hydrogen) atoms. The quantitative estimate of drug-likeness (QED) is 0.219. The van der Waals surface area contributed by atoms with Gasteiger partial charge in [0.25, 0.3) is 11.8 Å². The molecule has 0 spiro atoms. The number of aliphatic carboxylic acids is 2. The molecular weight excluding hydrogens is 416 g/mol. The van der Waals surface area contributed by atoms with E-state index in [0.29, 0.717) is 5.75 Å². The highest BCUT2D eigenvalue weighted by Crippen LogP contribution is 2.37. The van der Waals surface area contributed by atoms with Crippen LogP contribution in [0, 0.1) is 0 Å². The third-order valence-corrected chi connectivity index (χ3v) is 5.29. The Balaban J connectivity index is 1.76. The van der Waals surface area contributed by atoms with Gasteiger partial charge in [0.05, 0.1) is 0 Å². The summed E-state index contributed by atoms with van der Waals surface area (Å²) in [5.74, 6) is -3.89. The summed E-state index contributed by atoms with van der Waals surface area (Å²) in [5.41, 5.74) is 4.87. The van der Waals surface area contributed by atoms with Crippen molar-refractivity contribution in [3.05, 3.63) is 17.6 Å². The molecule has 2 aliphatic rings. The van der Waals surface area contributed by atoms with Crippen LogP contribution in [0.2, 0.25) is 0 Å². The fourth-order valence-corrected chi connectivity index (χ4v) is 4.04. The van der Waals surface area contributed by atoms with E-state index in [2.05, 4.69) is 24.7 Å². The average molecular weight is 428 g/mol. The van der Waals surface area contributed by atoms with Crippen LogP contribution in [-0.2, 0) is 24.0 Å². The van der Waals surface area contributed by atoms with Gasteiger partial charge in [0.1, 0.15) is 17.1 Å². The van der Waals surface area contributed by atoms with Crippen LogP contribution in [0.4, 0.5) is 5.13 Å². The smallest absolute Gasteiger partial charge is 0.352 e. The zero-order valence-corrected chi connectivity index (χ0v) is 15.4. The van der Waals surface area contributed by atoms with Crippen LogP contribution >= 0.6 is 23.3 Å². The maximum Gasteiger partial charge on any atom is 0.352 e. The van der Waals surface area contributed by atoms with E-state index in [1.165, 1.54) is 17.8 Å². The number of hydrogen-bond donors (Lipinski definition) is 4. The molecule has 1 saturated heterocycles. The Morgan fingerprint density at radius 3 is 2.79 bits per heavy atom. The number of nitrogens with zero attached hydrogens (tertiary/aromatic N) is 4. The van der Waals surface area contributed by atoms with Crippen molar-refractivity contribution in [2.45, 2.75) is 11.4 Å². The first-order valence-electron chi connectivity index (χ1n) is 7.50. The summed E-state index contributed by atoms with van der Waals surface area (Å²) < 4.78 is 3.82. The molecule has 0 bridgehead atoms. The number of oxime groups is 1. The molecule has 0 aromatic carbocycles. The molecule has 3 rings (SSSR count). The Bertz CT molecular complexity index is 913. The van der Waals surface area contributed by atoms with Crippen LogP contribution < -0.4 is 11.1 Å². The lowest BCUT2D eigenvalue weighted by Crippen LogP contribution is -2.70. The SMILES string of the molecule is Nc1nc(/C(=N/OCC(=O)O)C(=O)NC2C(=O)N3C(C(=O)O)=CCS[C@H]23)ns1. The Kier molecular flexibility index (Phi) is 5.46. The lowest BCUT2D eigenvalue weighted by atomic mass is 10.0.